The molecule has 1 amide bonds. The standard InChI is InChI=1S/C11H14N2O/c14-11-9-13(8-4-7-12-11)10-5-2-1-3-6-10/h1-3,5-6H,4,7-9H2,(H,12,14). The number of hydrogen-bond acceptors (Lipinski definition) is 2. The maximum atomic E-state index is 11.3. The molecule has 0 bridgehead atoms. The highest BCUT2D eigenvalue weighted by Gasteiger charge is 2.13. The van der Waals surface area contributed by atoms with Crippen LogP contribution in [0.1, 0.15) is 6.42 Å². The first-order valence-electron chi connectivity index (χ1n) is 4.93. The third-order valence-electron chi connectivity index (χ3n) is 2.38. The zero-order valence-corrected chi connectivity index (χ0v) is 8.07. The molecule has 0 aromatic heterocycles. The van der Waals surface area contributed by atoms with Gasteiger partial charge in [0.05, 0.1) is 6.54 Å². The average Bonchev–Trinajstić information content (AvgIpc) is 2.44. The summed E-state index contributed by atoms with van der Waals surface area (Å²) in [5, 5.41) is 2.86. The van der Waals surface area contributed by atoms with Crippen molar-refractivity contribution < 1.29 is 4.79 Å². The van der Waals surface area contributed by atoms with Crippen LogP contribution in [0.25, 0.3) is 0 Å². The summed E-state index contributed by atoms with van der Waals surface area (Å²) in [6, 6.07) is 10.1. The molecule has 1 N–H and O–H groups in total. The normalized spacial score (nSPS) is 17.4. The quantitative estimate of drug-likeness (QED) is 0.717. The van der Waals surface area contributed by atoms with E-state index in [2.05, 4.69) is 10.2 Å². The number of benzene rings is 1. The monoisotopic (exact) mass is 190 g/mol. The Kier molecular flexibility index (Phi) is 2.68. The first kappa shape index (κ1) is 9.06. The molecule has 0 radical (unpaired) electrons. The van der Waals surface area contributed by atoms with E-state index in [9.17, 15) is 4.79 Å². The number of rotatable bonds is 1. The van der Waals surface area contributed by atoms with Gasteiger partial charge in [0.15, 0.2) is 0 Å². The van der Waals surface area contributed by atoms with Crippen LogP contribution in [-0.2, 0) is 4.79 Å². The second-order valence-electron chi connectivity index (χ2n) is 3.46. The van der Waals surface area contributed by atoms with Gasteiger partial charge < -0.3 is 10.2 Å². The lowest BCUT2D eigenvalue weighted by molar-refractivity contribution is -0.119. The van der Waals surface area contributed by atoms with Crippen LogP contribution in [0.2, 0.25) is 0 Å². The number of carbonyl (C=O) groups is 1. The van der Waals surface area contributed by atoms with E-state index in [4.69, 9.17) is 0 Å². The number of anilines is 1. The molecule has 0 spiro atoms. The lowest BCUT2D eigenvalue weighted by Gasteiger charge is -2.20. The van der Waals surface area contributed by atoms with Gasteiger partial charge in [-0.05, 0) is 18.6 Å². The van der Waals surface area contributed by atoms with Crippen LogP contribution in [0.15, 0.2) is 30.3 Å². The van der Waals surface area contributed by atoms with Crippen molar-refractivity contribution in [2.45, 2.75) is 6.42 Å². The molecular weight excluding hydrogens is 176 g/mol. The molecule has 0 unspecified atom stereocenters. The molecule has 1 aromatic rings. The first-order valence-corrected chi connectivity index (χ1v) is 4.93. The molecule has 0 atom stereocenters. The number of hydrogen-bond donors (Lipinski definition) is 1. The summed E-state index contributed by atoms with van der Waals surface area (Å²) in [5.74, 6) is 0.117. The smallest absolute Gasteiger partial charge is 0.239 e. The first-order chi connectivity index (χ1) is 6.86. The van der Waals surface area contributed by atoms with E-state index in [0.717, 1.165) is 25.2 Å². The van der Waals surface area contributed by atoms with Crippen molar-refractivity contribution in [2.24, 2.45) is 0 Å². The zero-order chi connectivity index (χ0) is 9.80. The second kappa shape index (κ2) is 4.13. The van der Waals surface area contributed by atoms with Crippen LogP contribution >= 0.6 is 0 Å². The summed E-state index contributed by atoms with van der Waals surface area (Å²) in [6.45, 7) is 2.22. The second-order valence-corrected chi connectivity index (χ2v) is 3.46. The van der Waals surface area contributed by atoms with Gasteiger partial charge >= 0.3 is 0 Å². The molecule has 0 aliphatic carbocycles. The van der Waals surface area contributed by atoms with Crippen LogP contribution in [0.4, 0.5) is 5.69 Å². The van der Waals surface area contributed by atoms with Gasteiger partial charge in [-0.1, -0.05) is 18.2 Å². The Labute approximate surface area is 83.7 Å². The van der Waals surface area contributed by atoms with Crippen LogP contribution in [0, 0.1) is 0 Å². The maximum Gasteiger partial charge on any atom is 0.239 e. The van der Waals surface area contributed by atoms with E-state index < -0.39 is 0 Å². The van der Waals surface area contributed by atoms with Crippen LogP contribution in [0.5, 0.6) is 0 Å². The summed E-state index contributed by atoms with van der Waals surface area (Å²) < 4.78 is 0. The Morgan fingerprint density at radius 1 is 1.21 bits per heavy atom. The fourth-order valence-corrected chi connectivity index (χ4v) is 1.67. The maximum absolute atomic E-state index is 11.3. The lowest BCUT2D eigenvalue weighted by Crippen LogP contribution is -2.32. The summed E-state index contributed by atoms with van der Waals surface area (Å²) in [7, 11) is 0. The lowest BCUT2D eigenvalue weighted by atomic mass is 10.2. The summed E-state index contributed by atoms with van der Waals surface area (Å²) in [4.78, 5) is 13.4. The number of carbonyl (C=O) groups excluding carboxylic acids is 1. The van der Waals surface area contributed by atoms with Crippen molar-refractivity contribution in [1.29, 1.82) is 0 Å². The number of nitrogens with one attached hydrogen (secondary N) is 1. The summed E-state index contributed by atoms with van der Waals surface area (Å²) in [6.07, 6.45) is 1.01. The third-order valence-corrected chi connectivity index (χ3v) is 2.38. The van der Waals surface area contributed by atoms with Gasteiger partial charge in [0, 0.05) is 18.8 Å². The highest BCUT2D eigenvalue weighted by Crippen LogP contribution is 2.13. The number of para-hydroxylation sites is 1. The molecule has 1 aliphatic rings. The zero-order valence-electron chi connectivity index (χ0n) is 8.07. The van der Waals surface area contributed by atoms with Gasteiger partial charge in [-0.3, -0.25) is 4.79 Å². The van der Waals surface area contributed by atoms with E-state index in [1.165, 1.54) is 0 Å². The Morgan fingerprint density at radius 2 is 2.00 bits per heavy atom. The molecule has 14 heavy (non-hydrogen) atoms. The molecule has 1 heterocycles. The summed E-state index contributed by atoms with van der Waals surface area (Å²) >= 11 is 0. The van der Waals surface area contributed by atoms with Gasteiger partial charge in [0.1, 0.15) is 0 Å². The number of amides is 1. The SMILES string of the molecule is O=C1CN(c2ccccc2)CCCN1. The van der Waals surface area contributed by atoms with Gasteiger partial charge in [0.25, 0.3) is 0 Å². The van der Waals surface area contributed by atoms with Gasteiger partial charge in [-0.15, -0.1) is 0 Å². The van der Waals surface area contributed by atoms with Crippen molar-refractivity contribution in [3.8, 4) is 0 Å². The third kappa shape index (κ3) is 2.05. The minimum atomic E-state index is 0.117. The largest absolute Gasteiger partial charge is 0.362 e. The van der Waals surface area contributed by atoms with Crippen LogP contribution in [-0.4, -0.2) is 25.5 Å². The van der Waals surface area contributed by atoms with Crippen molar-refractivity contribution in [1.82, 2.24) is 5.32 Å². The minimum absolute atomic E-state index is 0.117. The van der Waals surface area contributed by atoms with E-state index in [-0.39, 0.29) is 5.91 Å². The fourth-order valence-electron chi connectivity index (χ4n) is 1.67. The molecule has 3 heteroatoms. The van der Waals surface area contributed by atoms with E-state index in [1.54, 1.807) is 0 Å². The average molecular weight is 190 g/mol. The summed E-state index contributed by atoms with van der Waals surface area (Å²) in [5.41, 5.74) is 1.13. The molecule has 1 aromatic carbocycles. The Hall–Kier alpha value is -1.51. The predicted molar refractivity (Wildman–Crippen MR) is 56.3 cm³/mol. The van der Waals surface area contributed by atoms with E-state index in [1.807, 2.05) is 30.3 Å². The molecule has 2 rings (SSSR count). The van der Waals surface area contributed by atoms with Gasteiger partial charge in [-0.2, -0.15) is 0 Å². The van der Waals surface area contributed by atoms with Crippen molar-refractivity contribution in [2.75, 3.05) is 24.5 Å². The Bertz CT molecular complexity index is 310. The van der Waals surface area contributed by atoms with E-state index in [0.29, 0.717) is 6.54 Å². The van der Waals surface area contributed by atoms with E-state index >= 15 is 0 Å². The van der Waals surface area contributed by atoms with Crippen LogP contribution in [0.3, 0.4) is 0 Å². The Morgan fingerprint density at radius 3 is 2.79 bits per heavy atom. The molecule has 1 fully saturated rings. The topological polar surface area (TPSA) is 32.3 Å². The van der Waals surface area contributed by atoms with Gasteiger partial charge in [0.2, 0.25) is 5.91 Å². The molecule has 1 saturated heterocycles. The minimum Gasteiger partial charge on any atom is -0.362 e. The molecular formula is C11H14N2O. The highest BCUT2D eigenvalue weighted by molar-refractivity contribution is 5.81. The fraction of sp³-hybridized carbons (Fsp3) is 0.364. The molecule has 3 nitrogen and oxygen atoms in total. The highest BCUT2D eigenvalue weighted by atomic mass is 16.2. The molecule has 74 valence electrons. The number of nitrogens with zero attached hydrogens (tertiary/aromatic N) is 1. The van der Waals surface area contributed by atoms with Crippen molar-refractivity contribution in [3.63, 3.8) is 0 Å². The van der Waals surface area contributed by atoms with Crippen molar-refractivity contribution >= 4 is 11.6 Å². The van der Waals surface area contributed by atoms with Crippen LogP contribution < -0.4 is 10.2 Å². The Balaban J connectivity index is 2.13. The molecule has 1 aliphatic heterocycles. The van der Waals surface area contributed by atoms with Gasteiger partial charge in [-0.25, -0.2) is 0 Å². The predicted octanol–water partition coefficient (Wildman–Crippen LogP) is 1.01. The molecule has 0 saturated carbocycles. The van der Waals surface area contributed by atoms with Crippen molar-refractivity contribution in [3.05, 3.63) is 30.3 Å².